The van der Waals surface area contributed by atoms with E-state index < -0.39 is 0 Å². The van der Waals surface area contributed by atoms with Gasteiger partial charge in [-0.25, -0.2) is 4.98 Å². The van der Waals surface area contributed by atoms with E-state index in [2.05, 4.69) is 54.8 Å². The van der Waals surface area contributed by atoms with Crippen LogP contribution in [0.4, 0.5) is 5.95 Å². The molecule has 1 saturated heterocycles. The van der Waals surface area contributed by atoms with Crippen molar-refractivity contribution in [1.29, 1.82) is 0 Å². The van der Waals surface area contributed by atoms with E-state index in [0.29, 0.717) is 0 Å². The molecule has 0 N–H and O–H groups in total. The molecule has 0 aromatic carbocycles. The number of anilines is 1. The SMILES string of the molecule is CCc1nnc(N2CCN(CCBr)CC2)nc1CC. The summed E-state index contributed by atoms with van der Waals surface area (Å²) in [5, 5.41) is 9.65. The fourth-order valence-corrected chi connectivity index (χ4v) is 2.85. The second kappa shape index (κ2) is 7.14. The first-order valence-corrected chi connectivity index (χ1v) is 8.16. The van der Waals surface area contributed by atoms with Gasteiger partial charge in [-0.15, -0.1) is 5.10 Å². The molecular weight excluding hydrogens is 306 g/mol. The van der Waals surface area contributed by atoms with Gasteiger partial charge in [-0.2, -0.15) is 5.10 Å². The maximum atomic E-state index is 4.68. The number of piperazine rings is 1. The van der Waals surface area contributed by atoms with Crippen LogP contribution in [0.1, 0.15) is 25.2 Å². The lowest BCUT2D eigenvalue weighted by Gasteiger charge is -2.34. The van der Waals surface area contributed by atoms with Crippen LogP contribution in [0.2, 0.25) is 0 Å². The monoisotopic (exact) mass is 327 g/mol. The Kier molecular flexibility index (Phi) is 5.51. The van der Waals surface area contributed by atoms with Crippen molar-refractivity contribution < 1.29 is 0 Å². The molecule has 6 heteroatoms. The summed E-state index contributed by atoms with van der Waals surface area (Å²) in [6, 6.07) is 0. The van der Waals surface area contributed by atoms with Gasteiger partial charge in [0.15, 0.2) is 0 Å². The minimum Gasteiger partial charge on any atom is -0.337 e. The van der Waals surface area contributed by atoms with Crippen LogP contribution in [0.3, 0.4) is 0 Å². The zero-order valence-electron chi connectivity index (χ0n) is 11.8. The van der Waals surface area contributed by atoms with Crippen molar-refractivity contribution in [2.75, 3.05) is 43.0 Å². The number of halogens is 1. The van der Waals surface area contributed by atoms with Crippen LogP contribution in [0.25, 0.3) is 0 Å². The van der Waals surface area contributed by atoms with E-state index in [9.17, 15) is 0 Å². The van der Waals surface area contributed by atoms with Crippen molar-refractivity contribution in [2.24, 2.45) is 0 Å². The Labute approximate surface area is 123 Å². The second-order valence-electron chi connectivity index (χ2n) is 4.73. The van der Waals surface area contributed by atoms with Crippen LogP contribution < -0.4 is 4.90 Å². The Morgan fingerprint density at radius 3 is 2.26 bits per heavy atom. The molecule has 1 aromatic rings. The highest BCUT2D eigenvalue weighted by Crippen LogP contribution is 2.13. The molecule has 1 aromatic heterocycles. The van der Waals surface area contributed by atoms with Crippen molar-refractivity contribution in [3.05, 3.63) is 11.4 Å². The number of hydrogen-bond donors (Lipinski definition) is 0. The van der Waals surface area contributed by atoms with E-state index in [1.807, 2.05) is 0 Å². The summed E-state index contributed by atoms with van der Waals surface area (Å²) < 4.78 is 0. The highest BCUT2D eigenvalue weighted by Gasteiger charge is 2.19. The molecule has 0 spiro atoms. The molecular formula is C13H22BrN5. The van der Waals surface area contributed by atoms with Gasteiger partial charge in [-0.3, -0.25) is 4.90 Å². The third kappa shape index (κ3) is 3.63. The predicted octanol–water partition coefficient (Wildman–Crippen LogP) is 1.51. The van der Waals surface area contributed by atoms with E-state index in [0.717, 1.165) is 68.2 Å². The fraction of sp³-hybridized carbons (Fsp3) is 0.769. The molecule has 1 aliphatic rings. The lowest BCUT2D eigenvalue weighted by molar-refractivity contribution is 0.272. The van der Waals surface area contributed by atoms with Crippen molar-refractivity contribution in [2.45, 2.75) is 26.7 Å². The third-order valence-electron chi connectivity index (χ3n) is 3.55. The number of aryl methyl sites for hydroxylation is 2. The molecule has 2 heterocycles. The zero-order valence-corrected chi connectivity index (χ0v) is 13.4. The van der Waals surface area contributed by atoms with Crippen LogP contribution in [-0.2, 0) is 12.8 Å². The summed E-state index contributed by atoms with van der Waals surface area (Å²) in [6.07, 6.45) is 1.83. The van der Waals surface area contributed by atoms with Crippen molar-refractivity contribution >= 4 is 21.9 Å². The molecule has 0 atom stereocenters. The second-order valence-corrected chi connectivity index (χ2v) is 5.52. The Balaban J connectivity index is 2.03. The highest BCUT2D eigenvalue weighted by atomic mass is 79.9. The molecule has 0 unspecified atom stereocenters. The zero-order chi connectivity index (χ0) is 13.7. The predicted molar refractivity (Wildman–Crippen MR) is 81.0 cm³/mol. The maximum Gasteiger partial charge on any atom is 0.245 e. The van der Waals surface area contributed by atoms with E-state index >= 15 is 0 Å². The Bertz CT molecular complexity index is 404. The average molecular weight is 328 g/mol. The summed E-state index contributed by atoms with van der Waals surface area (Å²) in [7, 11) is 0. The lowest BCUT2D eigenvalue weighted by atomic mass is 10.2. The average Bonchev–Trinajstić information content (AvgIpc) is 2.47. The Hall–Kier alpha value is -0.750. The first-order chi connectivity index (χ1) is 9.28. The largest absolute Gasteiger partial charge is 0.337 e. The van der Waals surface area contributed by atoms with Crippen LogP contribution in [0.15, 0.2) is 0 Å². The van der Waals surface area contributed by atoms with E-state index in [1.165, 1.54) is 0 Å². The van der Waals surface area contributed by atoms with Gasteiger partial charge in [-0.05, 0) is 12.8 Å². The molecule has 0 aliphatic carbocycles. The normalized spacial score (nSPS) is 16.9. The molecule has 2 rings (SSSR count). The number of nitrogens with zero attached hydrogens (tertiary/aromatic N) is 5. The summed E-state index contributed by atoms with van der Waals surface area (Å²) in [4.78, 5) is 9.39. The molecule has 5 nitrogen and oxygen atoms in total. The highest BCUT2D eigenvalue weighted by molar-refractivity contribution is 9.09. The first kappa shape index (κ1) is 14.7. The van der Waals surface area contributed by atoms with Gasteiger partial charge >= 0.3 is 0 Å². The molecule has 0 amide bonds. The quantitative estimate of drug-likeness (QED) is 0.767. The molecule has 0 bridgehead atoms. The lowest BCUT2D eigenvalue weighted by Crippen LogP contribution is -2.47. The molecule has 1 fully saturated rings. The van der Waals surface area contributed by atoms with Gasteiger partial charge in [0.2, 0.25) is 5.95 Å². The van der Waals surface area contributed by atoms with Crippen molar-refractivity contribution in [3.8, 4) is 0 Å². The summed E-state index contributed by atoms with van der Waals surface area (Å²) >= 11 is 3.49. The minimum absolute atomic E-state index is 0.799. The third-order valence-corrected chi connectivity index (χ3v) is 3.91. The van der Waals surface area contributed by atoms with Crippen molar-refractivity contribution in [3.63, 3.8) is 0 Å². The summed E-state index contributed by atoms with van der Waals surface area (Å²) in [6.45, 7) is 9.47. The smallest absolute Gasteiger partial charge is 0.245 e. The topological polar surface area (TPSA) is 45.2 Å². The number of aromatic nitrogens is 3. The minimum atomic E-state index is 0.799. The number of alkyl halides is 1. The van der Waals surface area contributed by atoms with Gasteiger partial charge in [0.1, 0.15) is 0 Å². The van der Waals surface area contributed by atoms with Crippen LogP contribution in [-0.4, -0.2) is 58.1 Å². The van der Waals surface area contributed by atoms with E-state index in [4.69, 9.17) is 0 Å². The number of hydrogen-bond acceptors (Lipinski definition) is 5. The van der Waals surface area contributed by atoms with Gasteiger partial charge in [0.25, 0.3) is 0 Å². The van der Waals surface area contributed by atoms with Crippen LogP contribution >= 0.6 is 15.9 Å². The molecule has 19 heavy (non-hydrogen) atoms. The van der Waals surface area contributed by atoms with Gasteiger partial charge in [0, 0.05) is 38.1 Å². The summed E-state index contributed by atoms with van der Waals surface area (Å²) in [5.41, 5.74) is 2.12. The fourth-order valence-electron chi connectivity index (χ4n) is 2.35. The van der Waals surface area contributed by atoms with E-state index in [1.54, 1.807) is 0 Å². The van der Waals surface area contributed by atoms with Gasteiger partial charge in [-0.1, -0.05) is 29.8 Å². The van der Waals surface area contributed by atoms with Gasteiger partial charge in [0.05, 0.1) is 11.4 Å². The molecule has 1 aliphatic heterocycles. The molecule has 0 radical (unpaired) electrons. The van der Waals surface area contributed by atoms with Crippen LogP contribution in [0.5, 0.6) is 0 Å². The van der Waals surface area contributed by atoms with E-state index in [-0.39, 0.29) is 0 Å². The maximum absolute atomic E-state index is 4.68. The standard InChI is InChI=1S/C13H22BrN5/c1-3-11-12(4-2)16-17-13(15-11)19-9-7-18(6-5-14)8-10-19/h3-10H2,1-2H3. The van der Waals surface area contributed by atoms with Crippen LogP contribution in [0, 0.1) is 0 Å². The first-order valence-electron chi connectivity index (χ1n) is 7.04. The van der Waals surface area contributed by atoms with Crippen molar-refractivity contribution in [1.82, 2.24) is 20.1 Å². The Morgan fingerprint density at radius 2 is 1.68 bits per heavy atom. The number of rotatable bonds is 5. The Morgan fingerprint density at radius 1 is 1.00 bits per heavy atom. The van der Waals surface area contributed by atoms with Gasteiger partial charge < -0.3 is 4.90 Å². The molecule has 0 saturated carbocycles. The molecule has 106 valence electrons. The summed E-state index contributed by atoms with van der Waals surface area (Å²) in [5.74, 6) is 0.799.